The molecule has 0 aliphatic heterocycles. The van der Waals surface area contributed by atoms with Gasteiger partial charge in [0.1, 0.15) is 5.82 Å². The molecule has 2 rings (SSSR count). The lowest BCUT2D eigenvalue weighted by Crippen LogP contribution is -2.06. The van der Waals surface area contributed by atoms with E-state index in [1.807, 2.05) is 19.1 Å². The van der Waals surface area contributed by atoms with E-state index >= 15 is 0 Å². The lowest BCUT2D eigenvalue weighted by molar-refractivity contribution is 0.869. The van der Waals surface area contributed by atoms with Gasteiger partial charge in [-0.1, -0.05) is 38.1 Å². The molecular formula is C17H22N4. The molecule has 2 N–H and O–H groups in total. The Morgan fingerprint density at radius 3 is 2.71 bits per heavy atom. The molecule has 0 aliphatic rings. The summed E-state index contributed by atoms with van der Waals surface area (Å²) in [5.74, 6) is 1.86. The van der Waals surface area contributed by atoms with Crippen LogP contribution in [-0.2, 0) is 0 Å². The molecule has 0 bridgehead atoms. The first kappa shape index (κ1) is 15.0. The van der Waals surface area contributed by atoms with Crippen LogP contribution in [0.2, 0.25) is 0 Å². The Balaban J connectivity index is 2.27. The van der Waals surface area contributed by atoms with Crippen molar-refractivity contribution in [2.45, 2.75) is 26.7 Å². The average molecular weight is 282 g/mol. The van der Waals surface area contributed by atoms with Crippen molar-refractivity contribution in [3.63, 3.8) is 0 Å². The molecule has 0 fully saturated rings. The van der Waals surface area contributed by atoms with E-state index < -0.39 is 0 Å². The molecule has 2 aromatic rings. The van der Waals surface area contributed by atoms with Gasteiger partial charge in [-0.15, -0.1) is 6.58 Å². The summed E-state index contributed by atoms with van der Waals surface area (Å²) in [4.78, 5) is 8.85. The number of hydrogen-bond acceptors (Lipinski definition) is 4. The molecule has 0 unspecified atom stereocenters. The third-order valence-corrected chi connectivity index (χ3v) is 3.10. The minimum absolute atomic E-state index is 0.454. The fourth-order valence-electron chi connectivity index (χ4n) is 2.13. The summed E-state index contributed by atoms with van der Waals surface area (Å²) in [6.45, 7) is 10.7. The number of hydrogen-bond donors (Lipinski definition) is 2. The summed E-state index contributed by atoms with van der Waals surface area (Å²) in [7, 11) is 0. The maximum atomic E-state index is 4.49. The number of nitrogens with zero attached hydrogens (tertiary/aromatic N) is 2. The summed E-state index contributed by atoms with van der Waals surface area (Å²) in [5.41, 5.74) is 3.27. The molecular weight excluding hydrogens is 260 g/mol. The van der Waals surface area contributed by atoms with Crippen molar-refractivity contribution in [1.82, 2.24) is 9.97 Å². The van der Waals surface area contributed by atoms with Crippen LogP contribution in [0.15, 0.2) is 43.0 Å². The van der Waals surface area contributed by atoms with Crippen LogP contribution < -0.4 is 10.6 Å². The van der Waals surface area contributed by atoms with Crippen LogP contribution in [0.5, 0.6) is 0 Å². The van der Waals surface area contributed by atoms with E-state index in [4.69, 9.17) is 0 Å². The van der Waals surface area contributed by atoms with Crippen LogP contribution in [0.1, 0.15) is 31.0 Å². The Bertz CT molecular complexity index is 620. The lowest BCUT2D eigenvalue weighted by Gasteiger charge is -2.15. The van der Waals surface area contributed by atoms with Gasteiger partial charge in [0.25, 0.3) is 0 Å². The highest BCUT2D eigenvalue weighted by molar-refractivity contribution is 5.62. The van der Waals surface area contributed by atoms with E-state index in [-0.39, 0.29) is 0 Å². The van der Waals surface area contributed by atoms with Gasteiger partial charge in [-0.2, -0.15) is 4.98 Å². The van der Waals surface area contributed by atoms with Gasteiger partial charge in [-0.05, 0) is 24.5 Å². The summed E-state index contributed by atoms with van der Waals surface area (Å²) >= 11 is 0. The van der Waals surface area contributed by atoms with Crippen molar-refractivity contribution in [2.75, 3.05) is 17.2 Å². The fourth-order valence-corrected chi connectivity index (χ4v) is 2.13. The fraction of sp³-hybridized carbons (Fsp3) is 0.294. The molecule has 0 amide bonds. The van der Waals surface area contributed by atoms with Crippen molar-refractivity contribution >= 4 is 17.5 Å². The minimum atomic E-state index is 0.454. The Hall–Kier alpha value is -2.36. The van der Waals surface area contributed by atoms with Gasteiger partial charge < -0.3 is 10.6 Å². The number of benzene rings is 1. The first-order valence-electron chi connectivity index (χ1n) is 7.16. The molecule has 21 heavy (non-hydrogen) atoms. The smallest absolute Gasteiger partial charge is 0.225 e. The summed E-state index contributed by atoms with van der Waals surface area (Å²) in [6.07, 6.45) is 1.78. The van der Waals surface area contributed by atoms with Crippen LogP contribution in [-0.4, -0.2) is 16.5 Å². The molecule has 1 heterocycles. The number of aromatic nitrogens is 2. The van der Waals surface area contributed by atoms with Crippen molar-refractivity contribution in [3.05, 3.63) is 54.2 Å². The van der Waals surface area contributed by atoms with Crippen LogP contribution >= 0.6 is 0 Å². The molecule has 1 aromatic carbocycles. The molecule has 0 saturated heterocycles. The Labute approximate surface area is 126 Å². The second-order valence-corrected chi connectivity index (χ2v) is 5.25. The zero-order valence-electron chi connectivity index (χ0n) is 12.9. The van der Waals surface area contributed by atoms with E-state index in [9.17, 15) is 0 Å². The average Bonchev–Trinajstić information content (AvgIpc) is 2.45. The summed E-state index contributed by atoms with van der Waals surface area (Å²) < 4.78 is 0. The molecule has 4 nitrogen and oxygen atoms in total. The second kappa shape index (κ2) is 6.88. The predicted molar refractivity (Wildman–Crippen MR) is 89.3 cm³/mol. The van der Waals surface area contributed by atoms with Crippen LogP contribution in [0.4, 0.5) is 17.5 Å². The van der Waals surface area contributed by atoms with E-state index in [0.29, 0.717) is 18.4 Å². The maximum absolute atomic E-state index is 4.49. The third-order valence-electron chi connectivity index (χ3n) is 3.10. The van der Waals surface area contributed by atoms with Crippen molar-refractivity contribution in [1.29, 1.82) is 0 Å². The normalized spacial score (nSPS) is 10.5. The van der Waals surface area contributed by atoms with Crippen LogP contribution in [0, 0.1) is 6.92 Å². The molecule has 0 saturated carbocycles. The highest BCUT2D eigenvalue weighted by Gasteiger charge is 2.08. The number of anilines is 3. The Kier molecular flexibility index (Phi) is 4.93. The van der Waals surface area contributed by atoms with Gasteiger partial charge in [-0.25, -0.2) is 4.98 Å². The number of aryl methyl sites for hydroxylation is 1. The molecule has 1 aromatic heterocycles. The molecule has 110 valence electrons. The zero-order chi connectivity index (χ0) is 15.2. The SMILES string of the molecule is C=CCNc1nc(C)cc(Nc2ccccc2C(C)C)n1. The molecule has 0 radical (unpaired) electrons. The minimum Gasteiger partial charge on any atom is -0.351 e. The van der Waals surface area contributed by atoms with E-state index in [0.717, 1.165) is 17.2 Å². The zero-order valence-corrected chi connectivity index (χ0v) is 12.9. The third kappa shape index (κ3) is 4.05. The molecule has 0 spiro atoms. The van der Waals surface area contributed by atoms with E-state index in [1.54, 1.807) is 6.08 Å². The predicted octanol–water partition coefficient (Wildman–Crippen LogP) is 4.25. The number of rotatable bonds is 6. The highest BCUT2D eigenvalue weighted by atomic mass is 15.1. The monoisotopic (exact) mass is 282 g/mol. The van der Waals surface area contributed by atoms with E-state index in [2.05, 4.69) is 59.2 Å². The van der Waals surface area contributed by atoms with Gasteiger partial charge in [0.05, 0.1) is 0 Å². The Morgan fingerprint density at radius 2 is 2.00 bits per heavy atom. The largest absolute Gasteiger partial charge is 0.351 e. The van der Waals surface area contributed by atoms with Crippen molar-refractivity contribution < 1.29 is 0 Å². The van der Waals surface area contributed by atoms with Gasteiger partial charge >= 0.3 is 0 Å². The highest BCUT2D eigenvalue weighted by Crippen LogP contribution is 2.26. The first-order valence-corrected chi connectivity index (χ1v) is 7.16. The molecule has 0 aliphatic carbocycles. The topological polar surface area (TPSA) is 49.8 Å². The maximum Gasteiger partial charge on any atom is 0.225 e. The molecule has 4 heteroatoms. The van der Waals surface area contributed by atoms with E-state index in [1.165, 1.54) is 5.56 Å². The van der Waals surface area contributed by atoms with Gasteiger partial charge in [0.2, 0.25) is 5.95 Å². The Morgan fingerprint density at radius 1 is 1.24 bits per heavy atom. The van der Waals surface area contributed by atoms with Gasteiger partial charge in [-0.3, -0.25) is 0 Å². The molecule has 0 atom stereocenters. The van der Waals surface area contributed by atoms with Crippen molar-refractivity contribution in [2.24, 2.45) is 0 Å². The lowest BCUT2D eigenvalue weighted by atomic mass is 10.0. The van der Waals surface area contributed by atoms with Gasteiger partial charge in [0.15, 0.2) is 0 Å². The van der Waals surface area contributed by atoms with Crippen LogP contribution in [0.25, 0.3) is 0 Å². The number of para-hydroxylation sites is 1. The quantitative estimate of drug-likeness (QED) is 0.778. The number of nitrogens with one attached hydrogen (secondary N) is 2. The standard InChI is InChI=1S/C17H22N4/c1-5-10-18-17-19-13(4)11-16(21-17)20-15-9-7-6-8-14(15)12(2)3/h5-9,11-12H,1,10H2,2-4H3,(H2,18,19,20,21). The van der Waals surface area contributed by atoms with Crippen molar-refractivity contribution in [3.8, 4) is 0 Å². The first-order chi connectivity index (χ1) is 10.1. The van der Waals surface area contributed by atoms with Gasteiger partial charge in [0, 0.05) is 24.0 Å². The summed E-state index contributed by atoms with van der Waals surface area (Å²) in [6, 6.07) is 10.2. The second-order valence-electron chi connectivity index (χ2n) is 5.25. The summed E-state index contributed by atoms with van der Waals surface area (Å²) in [5, 5.41) is 6.51. The van der Waals surface area contributed by atoms with Crippen LogP contribution in [0.3, 0.4) is 0 Å².